The van der Waals surface area contributed by atoms with Crippen LogP contribution in [0.1, 0.15) is 45.9 Å². The lowest BCUT2D eigenvalue weighted by molar-refractivity contribution is 0.0789. The molecule has 5 nitrogen and oxygen atoms in total. The van der Waals surface area contributed by atoms with E-state index in [0.717, 1.165) is 35.2 Å². The van der Waals surface area contributed by atoms with Gasteiger partial charge in [0.15, 0.2) is 0 Å². The van der Waals surface area contributed by atoms with Gasteiger partial charge in [0.2, 0.25) is 0 Å². The minimum atomic E-state index is -0.0612. The van der Waals surface area contributed by atoms with Gasteiger partial charge in [-0.1, -0.05) is 18.2 Å². The summed E-state index contributed by atoms with van der Waals surface area (Å²) in [5.41, 5.74) is 12.2. The third kappa shape index (κ3) is 3.19. The molecule has 150 valence electrons. The zero-order chi connectivity index (χ0) is 20.0. The van der Waals surface area contributed by atoms with Gasteiger partial charge in [-0.05, 0) is 61.1 Å². The Morgan fingerprint density at radius 1 is 1.10 bits per heavy atom. The molecule has 0 saturated carbocycles. The number of rotatable bonds is 3. The van der Waals surface area contributed by atoms with Crippen molar-refractivity contribution in [3.63, 3.8) is 0 Å². The predicted octanol–water partition coefficient (Wildman–Crippen LogP) is 3.62. The molecule has 3 aromatic rings. The molecule has 1 aromatic heterocycles. The van der Waals surface area contributed by atoms with Gasteiger partial charge >= 0.3 is 0 Å². The van der Waals surface area contributed by atoms with E-state index in [1.54, 1.807) is 7.11 Å². The molecule has 5 rings (SSSR count). The zero-order valence-corrected chi connectivity index (χ0v) is 16.8. The second kappa shape index (κ2) is 7.23. The van der Waals surface area contributed by atoms with E-state index in [1.165, 1.54) is 29.5 Å². The Labute approximate surface area is 170 Å². The number of hydrogen-bond donors (Lipinski definition) is 2. The topological polar surface area (TPSA) is 71.3 Å². The van der Waals surface area contributed by atoms with Crippen molar-refractivity contribution >= 4 is 16.8 Å². The fraction of sp³-hybridized carbons (Fsp3) is 0.375. The van der Waals surface area contributed by atoms with Crippen molar-refractivity contribution in [2.45, 2.75) is 37.6 Å². The van der Waals surface area contributed by atoms with Gasteiger partial charge in [-0.3, -0.25) is 4.79 Å². The fourth-order valence-electron chi connectivity index (χ4n) is 4.93. The summed E-state index contributed by atoms with van der Waals surface area (Å²) >= 11 is 0. The Hall–Kier alpha value is -2.79. The number of nitrogens with one attached hydrogen (secondary N) is 1. The van der Waals surface area contributed by atoms with E-state index < -0.39 is 0 Å². The number of amides is 1. The molecule has 1 aliphatic heterocycles. The lowest BCUT2D eigenvalue weighted by Crippen LogP contribution is -2.32. The number of ether oxygens (including phenoxy) is 1. The number of hydrogen-bond acceptors (Lipinski definition) is 3. The van der Waals surface area contributed by atoms with Crippen molar-refractivity contribution in [2.24, 2.45) is 5.73 Å². The Morgan fingerprint density at radius 2 is 1.90 bits per heavy atom. The number of carbonyl (C=O) groups excluding carboxylic acids is 1. The molecule has 1 saturated heterocycles. The number of benzene rings is 2. The normalized spacial score (nSPS) is 21.4. The molecule has 0 radical (unpaired) electrons. The van der Waals surface area contributed by atoms with Crippen LogP contribution < -0.4 is 10.5 Å². The van der Waals surface area contributed by atoms with Gasteiger partial charge in [-0.2, -0.15) is 0 Å². The molecule has 29 heavy (non-hydrogen) atoms. The minimum Gasteiger partial charge on any atom is -0.497 e. The van der Waals surface area contributed by atoms with Gasteiger partial charge in [0.1, 0.15) is 5.75 Å². The molecule has 2 aromatic carbocycles. The average molecular weight is 389 g/mol. The van der Waals surface area contributed by atoms with Crippen LogP contribution in [0.25, 0.3) is 10.9 Å². The Balaban J connectivity index is 1.37. The number of aryl methyl sites for hydroxylation is 2. The molecule has 3 N–H and O–H groups in total. The summed E-state index contributed by atoms with van der Waals surface area (Å²) in [6, 6.07) is 14.0. The Bertz CT molecular complexity index is 1050. The zero-order valence-electron chi connectivity index (χ0n) is 16.8. The Kier molecular flexibility index (Phi) is 4.55. The molecule has 1 aliphatic carbocycles. The van der Waals surface area contributed by atoms with Crippen LogP contribution in [-0.4, -0.2) is 42.0 Å². The van der Waals surface area contributed by atoms with Crippen molar-refractivity contribution in [3.05, 3.63) is 64.8 Å². The second-order valence-corrected chi connectivity index (χ2v) is 8.30. The maximum Gasteiger partial charge on any atom is 0.254 e. The first kappa shape index (κ1) is 18.3. The minimum absolute atomic E-state index is 0.0610. The SMILES string of the molecule is COc1ccc([C@H]2CN(C(=O)c3ccc4c5c([nH]c4c3)CCCC5)C[C@@H]2N)cc1. The first-order valence-corrected chi connectivity index (χ1v) is 10.5. The van der Waals surface area contributed by atoms with E-state index in [4.69, 9.17) is 10.5 Å². The molecule has 0 unspecified atom stereocenters. The van der Waals surface area contributed by atoms with Gasteiger partial charge < -0.3 is 20.4 Å². The van der Waals surface area contributed by atoms with Crippen molar-refractivity contribution < 1.29 is 9.53 Å². The summed E-state index contributed by atoms with van der Waals surface area (Å²) < 4.78 is 5.24. The summed E-state index contributed by atoms with van der Waals surface area (Å²) in [6.45, 7) is 1.22. The van der Waals surface area contributed by atoms with Crippen molar-refractivity contribution in [1.82, 2.24) is 9.88 Å². The monoisotopic (exact) mass is 389 g/mol. The molecule has 2 atom stereocenters. The summed E-state index contributed by atoms with van der Waals surface area (Å²) in [4.78, 5) is 18.6. The van der Waals surface area contributed by atoms with Crippen LogP contribution in [0.2, 0.25) is 0 Å². The number of methoxy groups -OCH3 is 1. The maximum atomic E-state index is 13.2. The van der Waals surface area contributed by atoms with E-state index in [1.807, 2.05) is 41.3 Å². The molecule has 1 fully saturated rings. The first-order valence-electron chi connectivity index (χ1n) is 10.5. The first-order chi connectivity index (χ1) is 14.1. The van der Waals surface area contributed by atoms with E-state index in [0.29, 0.717) is 13.1 Å². The second-order valence-electron chi connectivity index (χ2n) is 8.30. The lowest BCUT2D eigenvalue weighted by atomic mass is 9.95. The van der Waals surface area contributed by atoms with E-state index in [-0.39, 0.29) is 17.9 Å². The van der Waals surface area contributed by atoms with Gasteiger partial charge in [0.25, 0.3) is 5.91 Å². The highest BCUT2D eigenvalue weighted by Crippen LogP contribution is 2.32. The third-order valence-corrected chi connectivity index (χ3v) is 6.54. The number of carbonyl (C=O) groups is 1. The third-order valence-electron chi connectivity index (χ3n) is 6.54. The summed E-state index contributed by atoms with van der Waals surface area (Å²) in [6.07, 6.45) is 4.73. The number of nitrogens with zero attached hydrogens (tertiary/aromatic N) is 1. The van der Waals surface area contributed by atoms with Crippen LogP contribution >= 0.6 is 0 Å². The predicted molar refractivity (Wildman–Crippen MR) is 115 cm³/mol. The molecule has 2 aliphatic rings. The van der Waals surface area contributed by atoms with Gasteiger partial charge in [-0.15, -0.1) is 0 Å². The molecular weight excluding hydrogens is 362 g/mol. The van der Waals surface area contributed by atoms with E-state index in [2.05, 4.69) is 11.1 Å². The van der Waals surface area contributed by atoms with Crippen LogP contribution in [0.15, 0.2) is 42.5 Å². The molecule has 2 heterocycles. The van der Waals surface area contributed by atoms with Gasteiger partial charge in [-0.25, -0.2) is 0 Å². The highest BCUT2D eigenvalue weighted by atomic mass is 16.5. The van der Waals surface area contributed by atoms with Crippen molar-refractivity contribution in [1.29, 1.82) is 0 Å². The van der Waals surface area contributed by atoms with E-state index >= 15 is 0 Å². The number of nitrogens with two attached hydrogens (primary N) is 1. The average Bonchev–Trinajstić information content (AvgIpc) is 3.33. The van der Waals surface area contributed by atoms with Gasteiger partial charge in [0.05, 0.1) is 7.11 Å². The Morgan fingerprint density at radius 3 is 2.69 bits per heavy atom. The van der Waals surface area contributed by atoms with Crippen LogP contribution in [0.4, 0.5) is 0 Å². The highest BCUT2D eigenvalue weighted by Gasteiger charge is 2.34. The van der Waals surface area contributed by atoms with Crippen molar-refractivity contribution in [2.75, 3.05) is 20.2 Å². The molecule has 0 bridgehead atoms. The smallest absolute Gasteiger partial charge is 0.254 e. The number of H-pyrrole nitrogens is 1. The standard InChI is InChI=1S/C24H27N3O2/c1-29-17-9-6-15(7-10-17)20-13-27(14-21(20)25)24(28)16-8-11-19-18-4-2-3-5-22(18)26-23(19)12-16/h6-12,20-21,26H,2-5,13-14,25H2,1H3/t20-,21+/m1/s1. The van der Waals surface area contributed by atoms with Gasteiger partial charge in [0, 0.05) is 47.2 Å². The number of fused-ring (bicyclic) bond motifs is 3. The summed E-state index contributed by atoms with van der Waals surface area (Å²) in [7, 11) is 1.66. The van der Waals surface area contributed by atoms with Crippen LogP contribution in [-0.2, 0) is 12.8 Å². The van der Waals surface area contributed by atoms with Crippen LogP contribution in [0, 0.1) is 0 Å². The molecular formula is C24H27N3O2. The molecule has 5 heteroatoms. The number of aromatic amines is 1. The maximum absolute atomic E-state index is 13.2. The number of aromatic nitrogens is 1. The largest absolute Gasteiger partial charge is 0.497 e. The summed E-state index contributed by atoms with van der Waals surface area (Å²) in [5.74, 6) is 1.03. The molecule has 1 amide bonds. The molecule has 0 spiro atoms. The fourth-order valence-corrected chi connectivity index (χ4v) is 4.93. The quantitative estimate of drug-likeness (QED) is 0.719. The summed E-state index contributed by atoms with van der Waals surface area (Å²) in [5, 5.41) is 1.27. The van der Waals surface area contributed by atoms with Crippen LogP contribution in [0.5, 0.6) is 5.75 Å². The highest BCUT2D eigenvalue weighted by molar-refractivity contribution is 5.99. The van der Waals surface area contributed by atoms with Crippen molar-refractivity contribution in [3.8, 4) is 5.75 Å². The van der Waals surface area contributed by atoms with Crippen LogP contribution in [0.3, 0.4) is 0 Å². The lowest BCUT2D eigenvalue weighted by Gasteiger charge is -2.17. The number of likely N-dealkylation sites (tertiary alicyclic amines) is 1. The van der Waals surface area contributed by atoms with E-state index in [9.17, 15) is 4.79 Å².